The zero-order valence-electron chi connectivity index (χ0n) is 16.7. The molecule has 3 amide bonds. The normalized spacial score (nSPS) is 11.7. The van der Waals surface area contributed by atoms with E-state index >= 15 is 0 Å². The fraction of sp³-hybridized carbons (Fsp3) is 0.471. The third kappa shape index (κ3) is 10.2. The van der Waals surface area contributed by atoms with Crippen LogP contribution in [0.3, 0.4) is 0 Å². The highest BCUT2D eigenvalue weighted by atomic mass is 16.6. The van der Waals surface area contributed by atoms with E-state index in [9.17, 15) is 14.4 Å². The smallest absolute Gasteiger partial charge is 0.512 e. The fourth-order valence-electron chi connectivity index (χ4n) is 2.12. The Morgan fingerprint density at radius 1 is 1.21 bits per heavy atom. The molecule has 0 saturated heterocycles. The molecule has 0 aliphatic heterocycles. The predicted molar refractivity (Wildman–Crippen MR) is 104 cm³/mol. The summed E-state index contributed by atoms with van der Waals surface area (Å²) in [7, 11) is -0.795. The van der Waals surface area contributed by atoms with Gasteiger partial charge in [0.25, 0.3) is 0 Å². The highest BCUT2D eigenvalue weighted by Gasteiger charge is 2.25. The lowest BCUT2D eigenvalue weighted by Crippen LogP contribution is -2.45. The first-order valence-corrected chi connectivity index (χ1v) is 8.75. The average Bonchev–Trinajstić information content (AvgIpc) is 2.58. The van der Waals surface area contributed by atoms with E-state index in [-0.39, 0.29) is 18.7 Å². The van der Waals surface area contributed by atoms with E-state index in [1.165, 1.54) is 19.2 Å². The first kappa shape index (κ1) is 24.1. The molecule has 160 valence electrons. The first-order valence-electron chi connectivity index (χ1n) is 8.75. The van der Waals surface area contributed by atoms with Gasteiger partial charge in [-0.05, 0) is 39.3 Å². The fourth-order valence-corrected chi connectivity index (χ4v) is 2.12. The number of amides is 3. The molecule has 29 heavy (non-hydrogen) atoms. The van der Waals surface area contributed by atoms with Crippen molar-refractivity contribution in [2.45, 2.75) is 38.8 Å². The van der Waals surface area contributed by atoms with E-state index in [4.69, 9.17) is 19.4 Å². The summed E-state index contributed by atoms with van der Waals surface area (Å²) in [6, 6.07) is 4.40. The maximum Gasteiger partial charge on any atom is 0.707 e. The predicted octanol–water partition coefficient (Wildman–Crippen LogP) is 0.613. The van der Waals surface area contributed by atoms with Crippen LogP contribution in [0.1, 0.15) is 27.2 Å². The van der Waals surface area contributed by atoms with Gasteiger partial charge in [-0.1, -0.05) is 6.07 Å². The number of carbonyl (C=O) groups is 3. The molecule has 1 aromatic rings. The lowest BCUT2D eigenvalue weighted by molar-refractivity contribution is -0.143. The Labute approximate surface area is 168 Å². The zero-order chi connectivity index (χ0) is 22.0. The second-order valence-corrected chi connectivity index (χ2v) is 6.86. The summed E-state index contributed by atoms with van der Waals surface area (Å²) in [6.45, 7) is 5.11. The third-order valence-corrected chi connectivity index (χ3v) is 3.23. The van der Waals surface area contributed by atoms with Gasteiger partial charge in [-0.2, -0.15) is 0 Å². The van der Waals surface area contributed by atoms with Gasteiger partial charge in [-0.15, -0.1) is 0 Å². The van der Waals surface area contributed by atoms with Crippen molar-refractivity contribution in [1.82, 2.24) is 10.6 Å². The molecule has 0 aliphatic rings. The van der Waals surface area contributed by atoms with E-state index in [0.717, 1.165) is 0 Å². The van der Waals surface area contributed by atoms with Crippen LogP contribution in [0.15, 0.2) is 24.3 Å². The summed E-state index contributed by atoms with van der Waals surface area (Å²) in [5.41, 5.74) is -0.384. The molecule has 0 saturated carbocycles. The average molecular weight is 411 g/mol. The summed E-state index contributed by atoms with van der Waals surface area (Å²) in [4.78, 5) is 35.7. The Hall–Kier alpha value is -2.99. The number of anilines is 1. The molecule has 1 atom stereocenters. The number of hydrogen-bond acceptors (Lipinski definition) is 8. The molecule has 0 aliphatic carbocycles. The molecular weight excluding hydrogens is 385 g/mol. The van der Waals surface area contributed by atoms with E-state index in [1.807, 2.05) is 0 Å². The van der Waals surface area contributed by atoms with Crippen molar-refractivity contribution in [3.63, 3.8) is 0 Å². The summed E-state index contributed by atoms with van der Waals surface area (Å²) in [6.07, 6.45) is -0.709. The molecule has 12 heteroatoms. The number of benzene rings is 1. The number of carbonyl (C=O) groups excluding carboxylic acids is 3. The lowest BCUT2D eigenvalue weighted by atomic mass is 10.2. The highest BCUT2D eigenvalue weighted by molar-refractivity contribution is 6.33. The monoisotopic (exact) mass is 411 g/mol. The number of esters is 1. The molecule has 0 spiro atoms. The molecular formula is C17H26BN3O8. The maximum absolute atomic E-state index is 12.0. The number of methoxy groups -OCH3 is 1. The molecule has 0 aromatic heterocycles. The largest absolute Gasteiger partial charge is 0.707 e. The lowest BCUT2D eigenvalue weighted by Gasteiger charge is -2.22. The van der Waals surface area contributed by atoms with Crippen molar-refractivity contribution >= 4 is 31.1 Å². The van der Waals surface area contributed by atoms with Gasteiger partial charge in [0.1, 0.15) is 17.4 Å². The second kappa shape index (κ2) is 11.1. The maximum atomic E-state index is 12.0. The van der Waals surface area contributed by atoms with Crippen LogP contribution in [0, 0.1) is 0 Å². The molecule has 0 fully saturated rings. The Morgan fingerprint density at radius 3 is 2.48 bits per heavy atom. The molecule has 1 rings (SSSR count). The van der Waals surface area contributed by atoms with Crippen LogP contribution in [0.25, 0.3) is 0 Å². The molecule has 0 heterocycles. The van der Waals surface area contributed by atoms with Gasteiger partial charge in [-0.3, -0.25) is 0 Å². The van der Waals surface area contributed by atoms with Crippen LogP contribution in [0.4, 0.5) is 15.3 Å². The van der Waals surface area contributed by atoms with Gasteiger partial charge in [-0.25, -0.2) is 14.4 Å². The van der Waals surface area contributed by atoms with Gasteiger partial charge in [0.2, 0.25) is 0 Å². The van der Waals surface area contributed by atoms with Crippen molar-refractivity contribution in [2.24, 2.45) is 0 Å². The SMILES string of the molecule is COC(=O)[C@H](CCNC(=O)Nc1cccc(OB(O)O)c1)NC(=O)OC(C)(C)C. The zero-order valence-corrected chi connectivity index (χ0v) is 16.7. The minimum Gasteiger partial charge on any atom is -0.512 e. The van der Waals surface area contributed by atoms with Crippen LogP contribution in [-0.4, -0.2) is 60.8 Å². The standard InChI is InChI=1S/C17H26BN3O8/c1-17(2,3)28-16(24)21-13(14(22)27-4)8-9-19-15(23)20-11-6-5-7-12(10-11)29-18(25)26/h5-7,10,13,25-26H,8-9H2,1-4H3,(H,21,24)(H2,19,20,23)/t13-/m0/s1. The van der Waals surface area contributed by atoms with E-state index in [1.54, 1.807) is 32.9 Å². The Morgan fingerprint density at radius 2 is 1.90 bits per heavy atom. The van der Waals surface area contributed by atoms with Crippen molar-refractivity contribution in [3.05, 3.63) is 24.3 Å². The van der Waals surface area contributed by atoms with Crippen LogP contribution in [0.5, 0.6) is 5.75 Å². The summed E-state index contributed by atoms with van der Waals surface area (Å²) in [5, 5.41) is 25.0. The van der Waals surface area contributed by atoms with Crippen molar-refractivity contribution in [3.8, 4) is 5.75 Å². The van der Waals surface area contributed by atoms with Gasteiger partial charge in [0, 0.05) is 18.3 Å². The Kier molecular flexibility index (Phi) is 9.23. The number of urea groups is 1. The number of rotatable bonds is 8. The number of nitrogens with one attached hydrogen (secondary N) is 3. The summed E-state index contributed by atoms with van der Waals surface area (Å²) >= 11 is 0. The van der Waals surface area contributed by atoms with E-state index in [0.29, 0.717) is 5.69 Å². The Balaban J connectivity index is 2.54. The van der Waals surface area contributed by atoms with Gasteiger partial charge in [0.15, 0.2) is 0 Å². The third-order valence-electron chi connectivity index (χ3n) is 3.23. The van der Waals surface area contributed by atoms with Crippen molar-refractivity contribution in [1.29, 1.82) is 0 Å². The number of ether oxygens (including phenoxy) is 2. The van der Waals surface area contributed by atoms with Crippen molar-refractivity contribution in [2.75, 3.05) is 19.0 Å². The van der Waals surface area contributed by atoms with Crippen molar-refractivity contribution < 1.29 is 38.6 Å². The Bertz CT molecular complexity index is 708. The molecule has 11 nitrogen and oxygen atoms in total. The second-order valence-electron chi connectivity index (χ2n) is 6.86. The minimum atomic E-state index is -1.98. The molecule has 0 unspecified atom stereocenters. The quantitative estimate of drug-likeness (QED) is 0.308. The van der Waals surface area contributed by atoms with Crippen LogP contribution in [0.2, 0.25) is 0 Å². The summed E-state index contributed by atoms with van der Waals surface area (Å²) < 4.78 is 14.4. The van der Waals surface area contributed by atoms with Gasteiger partial charge in [0.05, 0.1) is 7.11 Å². The topological polar surface area (TPSA) is 155 Å². The van der Waals surface area contributed by atoms with Crippen LogP contribution in [-0.2, 0) is 14.3 Å². The van der Waals surface area contributed by atoms with Gasteiger partial charge < -0.3 is 40.1 Å². The first-order chi connectivity index (χ1) is 13.5. The highest BCUT2D eigenvalue weighted by Crippen LogP contribution is 2.17. The van der Waals surface area contributed by atoms with E-state index in [2.05, 4.69) is 20.7 Å². The minimum absolute atomic E-state index is 0.0486. The van der Waals surface area contributed by atoms with Crippen LogP contribution < -0.4 is 20.6 Å². The van der Waals surface area contributed by atoms with Gasteiger partial charge >= 0.3 is 25.4 Å². The summed E-state index contributed by atoms with van der Waals surface area (Å²) in [5.74, 6) is -0.532. The molecule has 1 aromatic carbocycles. The molecule has 5 N–H and O–H groups in total. The number of alkyl carbamates (subject to hydrolysis) is 1. The van der Waals surface area contributed by atoms with Crippen LogP contribution >= 0.6 is 0 Å². The number of hydrogen-bond donors (Lipinski definition) is 5. The molecule has 0 radical (unpaired) electrons. The van der Waals surface area contributed by atoms with E-state index < -0.39 is 37.1 Å². The molecule has 0 bridgehead atoms.